The number of Topliss-reactive ketones (excluding diaryl/α,β-unsaturated/α-hetero) is 1. The maximum atomic E-state index is 12.1. The average molecular weight is 372 g/mol. The number of hydrogen-bond donors (Lipinski definition) is 2. The van der Waals surface area contributed by atoms with Crippen molar-refractivity contribution in [3.05, 3.63) is 70.1 Å². The zero-order valence-corrected chi connectivity index (χ0v) is 14.8. The average Bonchev–Trinajstić information content (AvgIpc) is 2.66. The molecule has 2 N–H and O–H groups in total. The van der Waals surface area contributed by atoms with E-state index < -0.39 is 42.4 Å². The summed E-state index contributed by atoms with van der Waals surface area (Å²) in [4.78, 5) is 47.7. The second-order valence-corrected chi connectivity index (χ2v) is 5.81. The van der Waals surface area contributed by atoms with Gasteiger partial charge in [0.25, 0.3) is 5.56 Å². The van der Waals surface area contributed by atoms with Gasteiger partial charge in [-0.1, -0.05) is 30.3 Å². The Morgan fingerprint density at radius 3 is 2.48 bits per heavy atom. The van der Waals surface area contributed by atoms with Crippen LogP contribution in [0.4, 0.5) is 0 Å². The SMILES string of the molecule is CC(=O)c1cccn(CC(=O)N[C@@H](CO)C(=O)OCc2ccccc2)c1=O. The Balaban J connectivity index is 1.96. The number of benzene rings is 1. The minimum absolute atomic E-state index is 0.00611. The van der Waals surface area contributed by atoms with Gasteiger partial charge in [0.05, 0.1) is 12.2 Å². The molecule has 27 heavy (non-hydrogen) atoms. The number of ether oxygens (including phenoxy) is 1. The molecule has 0 unspecified atom stereocenters. The molecule has 142 valence electrons. The first-order valence-corrected chi connectivity index (χ1v) is 8.23. The number of rotatable bonds is 8. The molecule has 8 nitrogen and oxygen atoms in total. The molecule has 2 rings (SSSR count). The van der Waals surface area contributed by atoms with Crippen molar-refractivity contribution in [3.63, 3.8) is 0 Å². The lowest BCUT2D eigenvalue weighted by molar-refractivity contribution is -0.150. The van der Waals surface area contributed by atoms with Gasteiger partial charge in [-0.3, -0.25) is 14.4 Å². The lowest BCUT2D eigenvalue weighted by Crippen LogP contribution is -2.46. The Labute approximate surface area is 155 Å². The van der Waals surface area contributed by atoms with E-state index in [-0.39, 0.29) is 12.2 Å². The zero-order valence-electron chi connectivity index (χ0n) is 14.8. The van der Waals surface area contributed by atoms with E-state index in [0.29, 0.717) is 0 Å². The maximum Gasteiger partial charge on any atom is 0.331 e. The highest BCUT2D eigenvalue weighted by Gasteiger charge is 2.22. The summed E-state index contributed by atoms with van der Waals surface area (Å²) in [5.41, 5.74) is 0.125. The molecule has 0 aliphatic carbocycles. The summed E-state index contributed by atoms with van der Waals surface area (Å²) >= 11 is 0. The standard InChI is InChI=1S/C19H20N2O6/c1-13(23)15-8-5-9-21(18(15)25)10-17(24)20-16(11-22)19(26)27-12-14-6-3-2-4-7-14/h2-9,16,22H,10-12H2,1H3,(H,20,24)/t16-/m0/s1. The highest BCUT2D eigenvalue weighted by Crippen LogP contribution is 2.02. The van der Waals surface area contributed by atoms with Crippen molar-refractivity contribution in [2.75, 3.05) is 6.61 Å². The molecule has 2 aromatic rings. The quantitative estimate of drug-likeness (QED) is 0.508. The molecule has 0 fully saturated rings. The predicted molar refractivity (Wildman–Crippen MR) is 96.0 cm³/mol. The van der Waals surface area contributed by atoms with Gasteiger partial charge in [-0.05, 0) is 24.6 Å². The molecular weight excluding hydrogens is 352 g/mol. The lowest BCUT2D eigenvalue weighted by Gasteiger charge is -2.16. The van der Waals surface area contributed by atoms with Gasteiger partial charge in [-0.25, -0.2) is 4.79 Å². The molecule has 0 aliphatic heterocycles. The van der Waals surface area contributed by atoms with Gasteiger partial charge in [0.1, 0.15) is 13.2 Å². The monoisotopic (exact) mass is 372 g/mol. The minimum atomic E-state index is -1.26. The first-order chi connectivity index (χ1) is 12.9. The van der Waals surface area contributed by atoms with Gasteiger partial charge in [0.2, 0.25) is 5.91 Å². The fraction of sp³-hybridized carbons (Fsp3) is 0.263. The Kier molecular flexibility index (Phi) is 7.01. The third-order valence-electron chi connectivity index (χ3n) is 3.74. The van der Waals surface area contributed by atoms with Crippen LogP contribution in [0.25, 0.3) is 0 Å². The number of nitrogens with one attached hydrogen (secondary N) is 1. The number of amides is 1. The molecule has 8 heteroatoms. The van der Waals surface area contributed by atoms with Crippen LogP contribution in [0.2, 0.25) is 0 Å². The van der Waals surface area contributed by atoms with Crippen LogP contribution in [-0.4, -0.2) is 40.0 Å². The normalized spacial score (nSPS) is 11.5. The van der Waals surface area contributed by atoms with Crippen molar-refractivity contribution in [3.8, 4) is 0 Å². The van der Waals surface area contributed by atoms with Gasteiger partial charge < -0.3 is 19.7 Å². The Hall–Kier alpha value is -3.26. The van der Waals surface area contributed by atoms with E-state index in [1.54, 1.807) is 24.3 Å². The van der Waals surface area contributed by atoms with Crippen molar-refractivity contribution in [1.29, 1.82) is 0 Å². The smallest absolute Gasteiger partial charge is 0.331 e. The Bertz CT molecular complexity index is 875. The fourth-order valence-corrected chi connectivity index (χ4v) is 2.33. The van der Waals surface area contributed by atoms with Crippen LogP contribution in [0.1, 0.15) is 22.8 Å². The van der Waals surface area contributed by atoms with Gasteiger partial charge in [-0.15, -0.1) is 0 Å². The Morgan fingerprint density at radius 1 is 1.15 bits per heavy atom. The summed E-state index contributed by atoms with van der Waals surface area (Å²) in [6.45, 7) is 0.210. The number of aromatic nitrogens is 1. The number of carbonyl (C=O) groups is 3. The first kappa shape index (κ1) is 20.1. The molecule has 1 atom stereocenters. The van der Waals surface area contributed by atoms with Crippen LogP contribution in [-0.2, 0) is 27.5 Å². The minimum Gasteiger partial charge on any atom is -0.459 e. The summed E-state index contributed by atoms with van der Waals surface area (Å²) in [5, 5.41) is 11.7. The van der Waals surface area contributed by atoms with Crippen LogP contribution in [0, 0.1) is 0 Å². The molecule has 0 aliphatic rings. The molecule has 1 aromatic carbocycles. The van der Waals surface area contributed by atoms with Crippen LogP contribution in [0.5, 0.6) is 0 Å². The lowest BCUT2D eigenvalue weighted by atomic mass is 10.2. The third kappa shape index (κ3) is 5.61. The van der Waals surface area contributed by atoms with E-state index in [4.69, 9.17) is 4.74 Å². The topological polar surface area (TPSA) is 115 Å². The van der Waals surface area contributed by atoms with Crippen molar-refractivity contribution < 1.29 is 24.2 Å². The summed E-state index contributed by atoms with van der Waals surface area (Å²) < 4.78 is 6.13. The highest BCUT2D eigenvalue weighted by atomic mass is 16.5. The molecule has 0 saturated heterocycles. The number of hydrogen-bond acceptors (Lipinski definition) is 6. The molecular formula is C19H20N2O6. The Morgan fingerprint density at radius 2 is 1.85 bits per heavy atom. The number of ketones is 1. The van der Waals surface area contributed by atoms with Gasteiger partial charge in [0, 0.05) is 6.20 Å². The van der Waals surface area contributed by atoms with Crippen LogP contribution in [0.15, 0.2) is 53.5 Å². The van der Waals surface area contributed by atoms with E-state index in [1.807, 2.05) is 6.07 Å². The highest BCUT2D eigenvalue weighted by molar-refractivity contribution is 5.93. The van der Waals surface area contributed by atoms with E-state index in [1.165, 1.54) is 25.3 Å². The van der Waals surface area contributed by atoms with Gasteiger partial charge in [-0.2, -0.15) is 0 Å². The van der Waals surface area contributed by atoms with E-state index in [9.17, 15) is 24.3 Å². The van der Waals surface area contributed by atoms with Crippen LogP contribution in [0.3, 0.4) is 0 Å². The largest absolute Gasteiger partial charge is 0.459 e. The van der Waals surface area contributed by atoms with Gasteiger partial charge in [0.15, 0.2) is 11.8 Å². The van der Waals surface area contributed by atoms with Crippen molar-refractivity contribution >= 4 is 17.7 Å². The molecule has 1 aromatic heterocycles. The summed E-state index contributed by atoms with van der Waals surface area (Å²) in [6, 6.07) is 10.5. The van der Waals surface area contributed by atoms with E-state index in [0.717, 1.165) is 10.1 Å². The summed E-state index contributed by atoms with van der Waals surface area (Å²) in [6.07, 6.45) is 1.36. The molecule has 0 bridgehead atoms. The third-order valence-corrected chi connectivity index (χ3v) is 3.74. The molecule has 0 radical (unpaired) electrons. The number of aliphatic hydroxyl groups is 1. The van der Waals surface area contributed by atoms with Crippen molar-refractivity contribution in [2.24, 2.45) is 0 Å². The molecule has 1 amide bonds. The number of carbonyl (C=O) groups excluding carboxylic acids is 3. The molecule has 1 heterocycles. The van der Waals surface area contributed by atoms with E-state index in [2.05, 4.69) is 5.32 Å². The van der Waals surface area contributed by atoms with Crippen LogP contribution >= 0.6 is 0 Å². The molecule has 0 saturated carbocycles. The summed E-state index contributed by atoms with van der Waals surface area (Å²) in [7, 11) is 0. The number of esters is 1. The second kappa shape index (κ2) is 9.44. The number of pyridine rings is 1. The van der Waals surface area contributed by atoms with Crippen molar-refractivity contribution in [1.82, 2.24) is 9.88 Å². The first-order valence-electron chi connectivity index (χ1n) is 8.23. The predicted octanol–water partition coefficient (Wildman–Crippen LogP) is 0.271. The number of nitrogens with zero attached hydrogens (tertiary/aromatic N) is 1. The second-order valence-electron chi connectivity index (χ2n) is 5.81. The number of aliphatic hydroxyl groups excluding tert-OH is 1. The fourth-order valence-electron chi connectivity index (χ4n) is 2.33. The van der Waals surface area contributed by atoms with Crippen molar-refractivity contribution in [2.45, 2.75) is 26.1 Å². The van der Waals surface area contributed by atoms with Crippen LogP contribution < -0.4 is 10.9 Å². The maximum absolute atomic E-state index is 12.1. The molecule has 0 spiro atoms. The summed E-state index contributed by atoms with van der Waals surface area (Å²) in [5.74, 6) is -1.87. The van der Waals surface area contributed by atoms with Gasteiger partial charge >= 0.3 is 5.97 Å². The zero-order chi connectivity index (χ0) is 19.8. The van der Waals surface area contributed by atoms with E-state index >= 15 is 0 Å².